The monoisotopic (exact) mass is 351 g/mol. The number of rotatable bonds is 7. The van der Waals surface area contributed by atoms with Crippen LogP contribution in [0.15, 0.2) is 48.5 Å². The van der Waals surface area contributed by atoms with Crippen molar-refractivity contribution in [2.75, 3.05) is 13.2 Å². The van der Waals surface area contributed by atoms with E-state index in [2.05, 4.69) is 5.32 Å². The second-order valence-corrected chi connectivity index (χ2v) is 6.36. The van der Waals surface area contributed by atoms with Gasteiger partial charge < -0.3 is 10.1 Å². The normalized spacial score (nSPS) is 12.3. The highest BCUT2D eigenvalue weighted by Gasteiger charge is 2.15. The lowest BCUT2D eigenvalue weighted by Crippen LogP contribution is -2.32. The Bertz CT molecular complexity index is 814. The molecule has 0 atom stereocenters. The Hall–Kier alpha value is -2.95. The molecule has 0 saturated carbocycles. The first-order valence-corrected chi connectivity index (χ1v) is 8.73. The van der Waals surface area contributed by atoms with Crippen molar-refractivity contribution in [1.82, 2.24) is 5.32 Å². The molecule has 5 nitrogen and oxygen atoms in total. The van der Waals surface area contributed by atoms with Crippen LogP contribution in [0.2, 0.25) is 0 Å². The summed E-state index contributed by atoms with van der Waals surface area (Å²) >= 11 is 0. The topological polar surface area (TPSA) is 72.5 Å². The number of fused-ring (bicyclic) bond motifs is 1. The summed E-state index contributed by atoms with van der Waals surface area (Å²) in [6.45, 7) is -0.560. The summed E-state index contributed by atoms with van der Waals surface area (Å²) in [7, 11) is 0. The molecule has 0 fully saturated rings. The van der Waals surface area contributed by atoms with E-state index in [1.54, 1.807) is 6.07 Å². The Morgan fingerprint density at radius 1 is 0.962 bits per heavy atom. The molecule has 0 unspecified atom stereocenters. The van der Waals surface area contributed by atoms with Gasteiger partial charge in [0.05, 0.1) is 6.42 Å². The molecule has 1 aliphatic carbocycles. The maximum absolute atomic E-state index is 12.2. The predicted octanol–water partition coefficient (Wildman–Crippen LogP) is 2.26. The fourth-order valence-corrected chi connectivity index (χ4v) is 3.04. The highest BCUT2D eigenvalue weighted by molar-refractivity contribution is 5.98. The Morgan fingerprint density at radius 3 is 2.54 bits per heavy atom. The van der Waals surface area contributed by atoms with E-state index in [0.717, 1.165) is 24.8 Å². The Balaban J connectivity index is 1.41. The minimum atomic E-state index is -0.624. The molecule has 1 N–H and O–H groups in total. The molecule has 0 heterocycles. The van der Waals surface area contributed by atoms with Crippen molar-refractivity contribution in [3.8, 4) is 0 Å². The van der Waals surface area contributed by atoms with Crippen molar-refractivity contribution >= 4 is 17.7 Å². The van der Waals surface area contributed by atoms with Gasteiger partial charge >= 0.3 is 5.97 Å². The number of carbonyl (C=O) groups is 3. The van der Waals surface area contributed by atoms with E-state index in [0.29, 0.717) is 5.56 Å². The number of ether oxygens (including phenoxy) is 1. The molecule has 3 rings (SSSR count). The number of benzene rings is 2. The molecule has 0 aromatic heterocycles. The van der Waals surface area contributed by atoms with E-state index in [1.165, 1.54) is 11.1 Å². The molecule has 0 spiro atoms. The summed E-state index contributed by atoms with van der Waals surface area (Å²) in [6, 6.07) is 14.9. The van der Waals surface area contributed by atoms with Crippen molar-refractivity contribution in [3.05, 3.63) is 70.8 Å². The summed E-state index contributed by atoms with van der Waals surface area (Å²) in [5, 5.41) is 2.50. The van der Waals surface area contributed by atoms with Crippen LogP contribution < -0.4 is 5.32 Å². The Morgan fingerprint density at radius 2 is 1.73 bits per heavy atom. The van der Waals surface area contributed by atoms with Gasteiger partial charge in [-0.15, -0.1) is 0 Å². The van der Waals surface area contributed by atoms with E-state index >= 15 is 0 Å². The lowest BCUT2D eigenvalue weighted by molar-refractivity contribution is -0.142. The van der Waals surface area contributed by atoms with Crippen LogP contribution in [0, 0.1) is 0 Å². The number of amides is 1. The van der Waals surface area contributed by atoms with Crippen LogP contribution in [-0.4, -0.2) is 30.8 Å². The number of carbonyl (C=O) groups excluding carboxylic acids is 3. The van der Waals surface area contributed by atoms with Gasteiger partial charge in [-0.05, 0) is 42.0 Å². The molecule has 5 heteroatoms. The average Bonchev–Trinajstić information content (AvgIpc) is 3.13. The van der Waals surface area contributed by atoms with E-state index in [1.807, 2.05) is 42.5 Å². The van der Waals surface area contributed by atoms with Crippen LogP contribution >= 0.6 is 0 Å². The highest BCUT2D eigenvalue weighted by atomic mass is 16.5. The van der Waals surface area contributed by atoms with Gasteiger partial charge in [-0.2, -0.15) is 0 Å². The second-order valence-electron chi connectivity index (χ2n) is 6.36. The standard InChI is InChI=1S/C21H21NO4/c23-19(18-10-9-16-7-4-8-17(16)12-18)14-26-21(25)13-22-20(24)11-15-5-2-1-3-6-15/h1-3,5-6,9-10,12H,4,7-8,11,13-14H2,(H,22,24). The van der Waals surface area contributed by atoms with E-state index in [-0.39, 0.29) is 31.3 Å². The molecular weight excluding hydrogens is 330 g/mol. The zero-order valence-corrected chi connectivity index (χ0v) is 14.5. The second kappa shape index (κ2) is 8.43. The van der Waals surface area contributed by atoms with Crippen LogP contribution in [0.5, 0.6) is 0 Å². The summed E-state index contributed by atoms with van der Waals surface area (Å²) in [6.07, 6.45) is 3.36. The Labute approximate surface area is 152 Å². The number of nitrogens with one attached hydrogen (secondary N) is 1. The first kappa shape index (κ1) is 17.9. The smallest absolute Gasteiger partial charge is 0.325 e. The van der Waals surface area contributed by atoms with Gasteiger partial charge in [0.15, 0.2) is 12.4 Å². The van der Waals surface area contributed by atoms with Gasteiger partial charge in [-0.1, -0.05) is 42.5 Å². The van der Waals surface area contributed by atoms with Crippen molar-refractivity contribution in [2.45, 2.75) is 25.7 Å². The maximum Gasteiger partial charge on any atom is 0.325 e. The molecular formula is C21H21NO4. The van der Waals surface area contributed by atoms with Crippen molar-refractivity contribution in [2.24, 2.45) is 0 Å². The summed E-state index contributed by atoms with van der Waals surface area (Å²) in [5.41, 5.74) is 3.92. The van der Waals surface area contributed by atoms with Gasteiger partial charge in [-0.25, -0.2) is 0 Å². The fraction of sp³-hybridized carbons (Fsp3) is 0.286. The maximum atomic E-state index is 12.2. The van der Waals surface area contributed by atoms with Crippen LogP contribution in [0.25, 0.3) is 0 Å². The quantitative estimate of drug-likeness (QED) is 0.613. The van der Waals surface area contributed by atoms with Gasteiger partial charge in [0.1, 0.15) is 6.54 Å². The third-order valence-corrected chi connectivity index (χ3v) is 4.42. The van der Waals surface area contributed by atoms with Crippen molar-refractivity contribution in [1.29, 1.82) is 0 Å². The van der Waals surface area contributed by atoms with Gasteiger partial charge in [-0.3, -0.25) is 14.4 Å². The van der Waals surface area contributed by atoms with Crippen LogP contribution in [-0.2, 0) is 33.6 Å². The minimum Gasteiger partial charge on any atom is -0.456 e. The number of hydrogen-bond donors (Lipinski definition) is 1. The van der Waals surface area contributed by atoms with Crippen LogP contribution in [0.4, 0.5) is 0 Å². The average molecular weight is 351 g/mol. The first-order chi connectivity index (χ1) is 12.6. The van der Waals surface area contributed by atoms with Gasteiger partial charge in [0, 0.05) is 5.56 Å². The van der Waals surface area contributed by atoms with E-state index in [9.17, 15) is 14.4 Å². The fourth-order valence-electron chi connectivity index (χ4n) is 3.04. The van der Waals surface area contributed by atoms with Gasteiger partial charge in [0.25, 0.3) is 0 Å². The molecule has 0 bridgehead atoms. The Kier molecular flexibility index (Phi) is 5.79. The number of ketones is 1. The number of hydrogen-bond acceptors (Lipinski definition) is 4. The minimum absolute atomic E-state index is 0.197. The third-order valence-electron chi connectivity index (χ3n) is 4.42. The molecule has 2 aromatic rings. The van der Waals surface area contributed by atoms with Crippen LogP contribution in [0.3, 0.4) is 0 Å². The molecule has 0 saturated heterocycles. The molecule has 0 aliphatic heterocycles. The van der Waals surface area contributed by atoms with Crippen molar-refractivity contribution < 1.29 is 19.1 Å². The molecule has 134 valence electrons. The molecule has 1 aliphatic rings. The predicted molar refractivity (Wildman–Crippen MR) is 96.9 cm³/mol. The summed E-state index contributed by atoms with van der Waals surface area (Å²) in [4.78, 5) is 35.7. The zero-order valence-electron chi connectivity index (χ0n) is 14.5. The van der Waals surface area contributed by atoms with Crippen LogP contribution in [0.1, 0.15) is 33.5 Å². The molecule has 0 radical (unpaired) electrons. The molecule has 2 aromatic carbocycles. The first-order valence-electron chi connectivity index (χ1n) is 8.73. The largest absolute Gasteiger partial charge is 0.456 e. The number of Topliss-reactive ketones (excluding diaryl/α,β-unsaturated/α-hetero) is 1. The lowest BCUT2D eigenvalue weighted by atomic mass is 10.0. The van der Waals surface area contributed by atoms with E-state index in [4.69, 9.17) is 4.74 Å². The van der Waals surface area contributed by atoms with E-state index < -0.39 is 5.97 Å². The highest BCUT2D eigenvalue weighted by Crippen LogP contribution is 2.23. The summed E-state index contributed by atoms with van der Waals surface area (Å²) < 4.78 is 4.98. The summed E-state index contributed by atoms with van der Waals surface area (Å²) in [5.74, 6) is -1.12. The number of aryl methyl sites for hydroxylation is 2. The van der Waals surface area contributed by atoms with Crippen molar-refractivity contribution in [3.63, 3.8) is 0 Å². The third kappa shape index (κ3) is 4.79. The number of esters is 1. The molecule has 26 heavy (non-hydrogen) atoms. The SMILES string of the molecule is O=C(Cc1ccccc1)NCC(=O)OCC(=O)c1ccc2c(c1)CCC2. The van der Waals surface area contributed by atoms with Gasteiger partial charge in [0.2, 0.25) is 5.91 Å². The zero-order chi connectivity index (χ0) is 18.4. The lowest BCUT2D eigenvalue weighted by Gasteiger charge is -2.07. The molecule has 1 amide bonds.